The van der Waals surface area contributed by atoms with Crippen molar-refractivity contribution in [1.29, 1.82) is 0 Å². The van der Waals surface area contributed by atoms with Gasteiger partial charge in [-0.1, -0.05) is 66.8 Å². The van der Waals surface area contributed by atoms with E-state index in [9.17, 15) is 8.42 Å². The molecule has 1 fully saturated rings. The molecule has 0 amide bonds. The van der Waals surface area contributed by atoms with E-state index in [-0.39, 0.29) is 5.92 Å². The van der Waals surface area contributed by atoms with E-state index in [1.807, 2.05) is 49.4 Å². The van der Waals surface area contributed by atoms with Crippen LogP contribution in [0.3, 0.4) is 0 Å². The SMILES string of the molecule is C/C=C/[C@H]1CN(S(=O)(=O)c2ccccc2)C/C1=C/c1ccccc1. The summed E-state index contributed by atoms with van der Waals surface area (Å²) in [6.45, 7) is 2.88. The van der Waals surface area contributed by atoms with E-state index in [0.29, 0.717) is 18.0 Å². The first kappa shape index (κ1) is 16.7. The molecule has 0 aromatic heterocycles. The molecule has 3 nitrogen and oxygen atoms in total. The number of allylic oxidation sites excluding steroid dienone is 1. The van der Waals surface area contributed by atoms with Crippen LogP contribution in [0.4, 0.5) is 0 Å². The summed E-state index contributed by atoms with van der Waals surface area (Å²) >= 11 is 0. The zero-order chi connectivity index (χ0) is 17.0. The predicted molar refractivity (Wildman–Crippen MR) is 97.9 cm³/mol. The second-order valence-electron chi connectivity index (χ2n) is 5.87. The molecule has 2 aromatic carbocycles. The maximum absolute atomic E-state index is 12.9. The third kappa shape index (κ3) is 3.50. The summed E-state index contributed by atoms with van der Waals surface area (Å²) in [5, 5.41) is 0. The molecule has 1 heterocycles. The van der Waals surface area contributed by atoms with Crippen LogP contribution in [0.5, 0.6) is 0 Å². The fourth-order valence-electron chi connectivity index (χ4n) is 2.98. The van der Waals surface area contributed by atoms with Crippen molar-refractivity contribution in [2.24, 2.45) is 5.92 Å². The minimum Gasteiger partial charge on any atom is -0.207 e. The molecule has 0 unspecified atom stereocenters. The summed E-state index contributed by atoms with van der Waals surface area (Å²) in [4.78, 5) is 0.352. The van der Waals surface area contributed by atoms with Crippen LogP contribution >= 0.6 is 0 Å². The van der Waals surface area contributed by atoms with Gasteiger partial charge in [0, 0.05) is 19.0 Å². The van der Waals surface area contributed by atoms with E-state index >= 15 is 0 Å². The molecule has 1 atom stereocenters. The molecule has 0 radical (unpaired) electrons. The number of hydrogen-bond acceptors (Lipinski definition) is 2. The standard InChI is InChI=1S/C20H21NO2S/c1-2-9-18-15-21(24(22,23)20-12-7-4-8-13-20)16-19(18)14-17-10-5-3-6-11-17/h2-14,18H,15-16H2,1H3/b9-2+,19-14-/t18-/m0/s1. The van der Waals surface area contributed by atoms with Gasteiger partial charge in [0.15, 0.2) is 0 Å². The molecule has 0 N–H and O–H groups in total. The quantitative estimate of drug-likeness (QED) is 0.791. The molecule has 1 saturated heterocycles. The van der Waals surface area contributed by atoms with Crippen molar-refractivity contribution < 1.29 is 8.42 Å². The van der Waals surface area contributed by atoms with Gasteiger partial charge in [0.25, 0.3) is 0 Å². The molecule has 3 rings (SSSR count). The first-order valence-corrected chi connectivity index (χ1v) is 9.49. The lowest BCUT2D eigenvalue weighted by Gasteiger charge is -2.15. The van der Waals surface area contributed by atoms with E-state index < -0.39 is 10.0 Å². The van der Waals surface area contributed by atoms with Gasteiger partial charge in [0.1, 0.15) is 0 Å². The molecular formula is C20H21NO2S. The van der Waals surface area contributed by atoms with Crippen molar-refractivity contribution >= 4 is 16.1 Å². The van der Waals surface area contributed by atoms with Gasteiger partial charge in [-0.05, 0) is 30.2 Å². The fraction of sp³-hybridized carbons (Fsp3) is 0.200. The first-order chi connectivity index (χ1) is 11.6. The first-order valence-electron chi connectivity index (χ1n) is 8.05. The van der Waals surface area contributed by atoms with Crippen LogP contribution in [0.2, 0.25) is 0 Å². The molecule has 124 valence electrons. The number of sulfonamides is 1. The van der Waals surface area contributed by atoms with Crippen molar-refractivity contribution in [1.82, 2.24) is 4.31 Å². The van der Waals surface area contributed by atoms with E-state index in [1.165, 1.54) is 0 Å². The Labute approximate surface area is 144 Å². The Balaban J connectivity index is 1.92. The monoisotopic (exact) mass is 339 g/mol. The summed E-state index contributed by atoms with van der Waals surface area (Å²) in [7, 11) is -3.46. The highest BCUT2D eigenvalue weighted by Gasteiger charge is 2.34. The zero-order valence-corrected chi connectivity index (χ0v) is 14.5. The summed E-state index contributed by atoms with van der Waals surface area (Å²) in [6.07, 6.45) is 6.17. The Morgan fingerprint density at radius 1 is 1.00 bits per heavy atom. The summed E-state index contributed by atoms with van der Waals surface area (Å²) in [6, 6.07) is 18.7. The van der Waals surface area contributed by atoms with E-state index in [0.717, 1.165) is 11.1 Å². The van der Waals surface area contributed by atoms with Gasteiger partial charge in [-0.3, -0.25) is 0 Å². The van der Waals surface area contributed by atoms with Crippen molar-refractivity contribution in [2.75, 3.05) is 13.1 Å². The molecule has 4 heteroatoms. The van der Waals surface area contributed by atoms with Crippen LogP contribution in [-0.4, -0.2) is 25.8 Å². The molecule has 2 aromatic rings. The summed E-state index contributed by atoms with van der Waals surface area (Å²) < 4.78 is 27.3. The Morgan fingerprint density at radius 2 is 1.62 bits per heavy atom. The summed E-state index contributed by atoms with van der Waals surface area (Å²) in [5.74, 6) is 0.119. The molecule has 0 spiro atoms. The minimum absolute atomic E-state index is 0.119. The van der Waals surface area contributed by atoms with Gasteiger partial charge in [0.05, 0.1) is 4.90 Å². The fourth-order valence-corrected chi connectivity index (χ4v) is 4.45. The second kappa shape index (κ2) is 7.16. The number of rotatable bonds is 4. The lowest BCUT2D eigenvalue weighted by molar-refractivity contribution is 0.471. The average molecular weight is 339 g/mol. The van der Waals surface area contributed by atoms with Gasteiger partial charge in [-0.2, -0.15) is 4.31 Å². The second-order valence-corrected chi connectivity index (χ2v) is 7.81. The normalized spacial score (nSPS) is 20.9. The van der Waals surface area contributed by atoms with Gasteiger partial charge in [-0.15, -0.1) is 0 Å². The van der Waals surface area contributed by atoms with Crippen molar-refractivity contribution in [3.05, 3.63) is 84.0 Å². The highest BCUT2D eigenvalue weighted by atomic mass is 32.2. The number of hydrogen-bond donors (Lipinski definition) is 0. The van der Waals surface area contributed by atoms with E-state index in [2.05, 4.69) is 12.2 Å². The number of benzene rings is 2. The average Bonchev–Trinajstić information content (AvgIpc) is 3.00. The third-order valence-electron chi connectivity index (χ3n) is 4.19. The summed E-state index contributed by atoms with van der Waals surface area (Å²) in [5.41, 5.74) is 2.22. The third-order valence-corrected chi connectivity index (χ3v) is 6.02. The molecule has 24 heavy (non-hydrogen) atoms. The van der Waals surface area contributed by atoms with Gasteiger partial charge >= 0.3 is 0 Å². The molecule has 0 bridgehead atoms. The Hall–Kier alpha value is -2.17. The van der Waals surface area contributed by atoms with E-state index in [1.54, 1.807) is 28.6 Å². The Bertz CT molecular complexity index is 840. The molecule has 0 saturated carbocycles. The largest absolute Gasteiger partial charge is 0.243 e. The maximum atomic E-state index is 12.9. The van der Waals surface area contributed by atoms with Gasteiger partial charge < -0.3 is 0 Å². The highest BCUT2D eigenvalue weighted by molar-refractivity contribution is 7.89. The Kier molecular flexibility index (Phi) is 4.97. The van der Waals surface area contributed by atoms with Crippen LogP contribution in [0.1, 0.15) is 12.5 Å². The van der Waals surface area contributed by atoms with Crippen LogP contribution in [-0.2, 0) is 10.0 Å². The smallest absolute Gasteiger partial charge is 0.207 e. The zero-order valence-electron chi connectivity index (χ0n) is 13.7. The minimum atomic E-state index is -3.46. The highest BCUT2D eigenvalue weighted by Crippen LogP contribution is 2.30. The molecule has 0 aliphatic carbocycles. The van der Waals surface area contributed by atoms with Crippen LogP contribution < -0.4 is 0 Å². The van der Waals surface area contributed by atoms with Crippen LogP contribution in [0.15, 0.2) is 83.3 Å². The van der Waals surface area contributed by atoms with Gasteiger partial charge in [0.2, 0.25) is 10.0 Å². The topological polar surface area (TPSA) is 37.4 Å². The lowest BCUT2D eigenvalue weighted by atomic mass is 10.00. The van der Waals surface area contributed by atoms with Gasteiger partial charge in [-0.25, -0.2) is 8.42 Å². The van der Waals surface area contributed by atoms with Crippen molar-refractivity contribution in [3.8, 4) is 0 Å². The lowest BCUT2D eigenvalue weighted by Crippen LogP contribution is -2.28. The maximum Gasteiger partial charge on any atom is 0.243 e. The van der Waals surface area contributed by atoms with Crippen molar-refractivity contribution in [3.63, 3.8) is 0 Å². The molecular weight excluding hydrogens is 318 g/mol. The Morgan fingerprint density at radius 3 is 2.25 bits per heavy atom. The van der Waals surface area contributed by atoms with Crippen LogP contribution in [0, 0.1) is 5.92 Å². The van der Waals surface area contributed by atoms with Crippen LogP contribution in [0.25, 0.3) is 6.08 Å². The van der Waals surface area contributed by atoms with Crippen molar-refractivity contribution in [2.45, 2.75) is 11.8 Å². The molecule has 1 aliphatic heterocycles. The molecule has 1 aliphatic rings. The number of nitrogens with zero attached hydrogens (tertiary/aromatic N) is 1. The predicted octanol–water partition coefficient (Wildman–Crippen LogP) is 3.97. The van der Waals surface area contributed by atoms with E-state index in [4.69, 9.17) is 0 Å².